The van der Waals surface area contributed by atoms with E-state index in [1.807, 2.05) is 22.4 Å². The number of nitrogens with one attached hydrogen (secondary N) is 1. The van der Waals surface area contributed by atoms with Gasteiger partial charge < -0.3 is 4.90 Å². The van der Waals surface area contributed by atoms with Crippen LogP contribution in [0.25, 0.3) is 0 Å². The van der Waals surface area contributed by atoms with E-state index in [-0.39, 0.29) is 10.8 Å². The van der Waals surface area contributed by atoms with E-state index in [2.05, 4.69) is 11.6 Å². The summed E-state index contributed by atoms with van der Waals surface area (Å²) in [7, 11) is -3.56. The Kier molecular flexibility index (Phi) is 6.11. The first-order chi connectivity index (χ1) is 12.5. The van der Waals surface area contributed by atoms with Crippen LogP contribution in [0.2, 0.25) is 0 Å². The van der Waals surface area contributed by atoms with E-state index in [9.17, 15) is 13.2 Å². The lowest BCUT2D eigenvalue weighted by Crippen LogP contribution is -2.39. The van der Waals surface area contributed by atoms with Crippen LogP contribution in [0, 0.1) is 5.92 Å². The lowest BCUT2D eigenvalue weighted by molar-refractivity contribution is 0.0683. The van der Waals surface area contributed by atoms with Crippen LogP contribution in [-0.2, 0) is 16.4 Å². The Hall–Kier alpha value is -1.70. The highest BCUT2D eigenvalue weighted by molar-refractivity contribution is 7.89. The van der Waals surface area contributed by atoms with Gasteiger partial charge in [0.15, 0.2) is 0 Å². The Morgan fingerprint density at radius 1 is 1.27 bits per heavy atom. The number of carbonyl (C=O) groups excluding carboxylic acids is 1. The maximum atomic E-state index is 12.6. The lowest BCUT2D eigenvalue weighted by Gasteiger charge is -2.31. The summed E-state index contributed by atoms with van der Waals surface area (Å²) in [5.41, 5.74) is 0.539. The number of piperidine rings is 1. The van der Waals surface area contributed by atoms with Crippen molar-refractivity contribution >= 4 is 27.3 Å². The third-order valence-electron chi connectivity index (χ3n) is 4.60. The number of thiophene rings is 1. The predicted octanol–water partition coefficient (Wildman–Crippen LogP) is 3.14. The highest BCUT2D eigenvalue weighted by Gasteiger charge is 2.22. The molecule has 7 heteroatoms. The molecular weight excluding hydrogens is 368 g/mol. The van der Waals surface area contributed by atoms with E-state index in [4.69, 9.17) is 0 Å². The first-order valence-corrected chi connectivity index (χ1v) is 11.2. The molecule has 1 aliphatic heterocycles. The molecular formula is C19H24N2O3S2. The number of hydrogen-bond donors (Lipinski definition) is 1. The molecule has 0 saturated carbocycles. The lowest BCUT2D eigenvalue weighted by atomic mass is 9.99. The van der Waals surface area contributed by atoms with Crippen LogP contribution < -0.4 is 4.72 Å². The van der Waals surface area contributed by atoms with Gasteiger partial charge in [0.05, 0.1) is 4.90 Å². The fourth-order valence-electron chi connectivity index (χ4n) is 3.18. The normalized spacial score (nSPS) is 18.0. The maximum Gasteiger partial charge on any atom is 0.253 e. The molecule has 0 bridgehead atoms. The second-order valence-electron chi connectivity index (χ2n) is 6.75. The van der Waals surface area contributed by atoms with Crippen molar-refractivity contribution in [1.82, 2.24) is 9.62 Å². The van der Waals surface area contributed by atoms with Gasteiger partial charge in [-0.05, 0) is 60.9 Å². The standard InChI is InChI=1S/C19H24N2O3S2/c1-15-4-2-12-21(14-15)19(22)16-6-8-18(9-7-16)26(23,24)20-11-10-17-5-3-13-25-17/h3,5-9,13,15,20H,2,4,10-12,14H2,1H3. The van der Waals surface area contributed by atoms with Crippen molar-refractivity contribution < 1.29 is 13.2 Å². The zero-order chi connectivity index (χ0) is 18.6. The Morgan fingerprint density at radius 2 is 2.04 bits per heavy atom. The molecule has 1 atom stereocenters. The summed E-state index contributed by atoms with van der Waals surface area (Å²) in [5, 5.41) is 1.97. The van der Waals surface area contributed by atoms with Crippen LogP contribution in [0.15, 0.2) is 46.7 Å². The van der Waals surface area contributed by atoms with Crippen molar-refractivity contribution in [3.8, 4) is 0 Å². The Balaban J connectivity index is 1.61. The van der Waals surface area contributed by atoms with Crippen molar-refractivity contribution in [2.75, 3.05) is 19.6 Å². The van der Waals surface area contributed by atoms with Crippen molar-refractivity contribution in [3.63, 3.8) is 0 Å². The molecule has 1 N–H and O–H groups in total. The smallest absolute Gasteiger partial charge is 0.253 e. The van der Waals surface area contributed by atoms with E-state index in [1.165, 1.54) is 12.1 Å². The van der Waals surface area contributed by atoms with E-state index in [0.717, 1.165) is 30.8 Å². The van der Waals surface area contributed by atoms with E-state index < -0.39 is 10.0 Å². The van der Waals surface area contributed by atoms with Crippen LogP contribution in [0.5, 0.6) is 0 Å². The van der Waals surface area contributed by atoms with Gasteiger partial charge in [-0.1, -0.05) is 13.0 Å². The summed E-state index contributed by atoms with van der Waals surface area (Å²) in [4.78, 5) is 15.8. The van der Waals surface area contributed by atoms with Crippen molar-refractivity contribution in [1.29, 1.82) is 0 Å². The van der Waals surface area contributed by atoms with Gasteiger partial charge in [-0.15, -0.1) is 11.3 Å². The van der Waals surface area contributed by atoms with Crippen LogP contribution >= 0.6 is 11.3 Å². The Bertz CT molecular complexity index is 830. The molecule has 1 saturated heterocycles. The first kappa shape index (κ1) is 19.1. The second kappa shape index (κ2) is 8.33. The number of benzene rings is 1. The molecule has 0 aliphatic carbocycles. The first-order valence-electron chi connectivity index (χ1n) is 8.87. The average molecular weight is 393 g/mol. The molecule has 140 valence electrons. The molecule has 1 aliphatic rings. The highest BCUT2D eigenvalue weighted by atomic mass is 32.2. The second-order valence-corrected chi connectivity index (χ2v) is 9.55. The van der Waals surface area contributed by atoms with E-state index >= 15 is 0 Å². The van der Waals surface area contributed by atoms with Crippen molar-refractivity contribution in [3.05, 3.63) is 52.2 Å². The molecule has 2 heterocycles. The topological polar surface area (TPSA) is 66.5 Å². The van der Waals surface area contributed by atoms with Gasteiger partial charge >= 0.3 is 0 Å². The number of amides is 1. The number of hydrogen-bond acceptors (Lipinski definition) is 4. The SMILES string of the molecule is CC1CCCN(C(=O)c2ccc(S(=O)(=O)NCCc3cccs3)cc2)C1. The van der Waals surface area contributed by atoms with Crippen LogP contribution in [-0.4, -0.2) is 38.9 Å². The molecule has 1 fully saturated rings. The van der Waals surface area contributed by atoms with Crippen LogP contribution in [0.3, 0.4) is 0 Å². The summed E-state index contributed by atoms with van der Waals surface area (Å²) in [6.07, 6.45) is 2.84. The summed E-state index contributed by atoms with van der Waals surface area (Å²) in [5.74, 6) is 0.492. The summed E-state index contributed by atoms with van der Waals surface area (Å²) in [6.45, 7) is 4.04. The zero-order valence-corrected chi connectivity index (χ0v) is 16.5. The fraction of sp³-hybridized carbons (Fsp3) is 0.421. The van der Waals surface area contributed by atoms with Crippen LogP contribution in [0.4, 0.5) is 0 Å². The van der Waals surface area contributed by atoms with Gasteiger partial charge in [0, 0.05) is 30.1 Å². The maximum absolute atomic E-state index is 12.6. The van der Waals surface area contributed by atoms with Crippen molar-refractivity contribution in [2.24, 2.45) is 5.92 Å². The van der Waals surface area contributed by atoms with Gasteiger partial charge in [-0.25, -0.2) is 13.1 Å². The van der Waals surface area contributed by atoms with Gasteiger partial charge in [0.1, 0.15) is 0 Å². The van der Waals surface area contributed by atoms with Crippen LogP contribution in [0.1, 0.15) is 35.0 Å². The number of rotatable bonds is 6. The summed E-state index contributed by atoms with van der Waals surface area (Å²) in [6, 6.07) is 10.2. The van der Waals surface area contributed by atoms with Gasteiger partial charge in [0.25, 0.3) is 5.91 Å². The molecule has 1 amide bonds. The molecule has 0 spiro atoms. The minimum Gasteiger partial charge on any atom is -0.338 e. The Labute approximate surface area is 159 Å². The molecule has 1 aromatic carbocycles. The average Bonchev–Trinajstić information content (AvgIpc) is 3.14. The number of sulfonamides is 1. The van der Waals surface area contributed by atoms with Gasteiger partial charge in [-0.2, -0.15) is 0 Å². The number of nitrogens with zero attached hydrogens (tertiary/aromatic N) is 1. The molecule has 1 aromatic heterocycles. The number of likely N-dealkylation sites (tertiary alicyclic amines) is 1. The molecule has 5 nitrogen and oxygen atoms in total. The number of carbonyl (C=O) groups is 1. The fourth-order valence-corrected chi connectivity index (χ4v) is 4.92. The van der Waals surface area contributed by atoms with Gasteiger partial charge in [0.2, 0.25) is 10.0 Å². The minimum absolute atomic E-state index is 0.0221. The van der Waals surface area contributed by atoms with Gasteiger partial charge in [-0.3, -0.25) is 4.79 Å². The minimum atomic E-state index is -3.56. The molecule has 26 heavy (non-hydrogen) atoms. The third-order valence-corrected chi connectivity index (χ3v) is 7.01. The molecule has 0 radical (unpaired) electrons. The third kappa shape index (κ3) is 4.72. The largest absolute Gasteiger partial charge is 0.338 e. The monoisotopic (exact) mass is 392 g/mol. The quantitative estimate of drug-likeness (QED) is 0.821. The highest BCUT2D eigenvalue weighted by Crippen LogP contribution is 2.19. The molecule has 1 unspecified atom stereocenters. The molecule has 2 aromatic rings. The van der Waals surface area contributed by atoms with E-state index in [1.54, 1.807) is 23.5 Å². The molecule has 3 rings (SSSR count). The predicted molar refractivity (Wildman–Crippen MR) is 104 cm³/mol. The van der Waals surface area contributed by atoms with E-state index in [0.29, 0.717) is 24.4 Å². The summed E-state index contributed by atoms with van der Waals surface area (Å²) >= 11 is 1.61. The van der Waals surface area contributed by atoms with Crippen molar-refractivity contribution in [2.45, 2.75) is 31.1 Å². The zero-order valence-electron chi connectivity index (χ0n) is 14.8. The Morgan fingerprint density at radius 3 is 2.69 bits per heavy atom. The summed E-state index contributed by atoms with van der Waals surface area (Å²) < 4.78 is 27.4.